The van der Waals surface area contributed by atoms with Crippen LogP contribution >= 0.6 is 22.4 Å². The number of hydrogen-bond acceptors (Lipinski definition) is 28. The van der Waals surface area contributed by atoms with Gasteiger partial charge in [0.15, 0.2) is 24.9 Å². The second-order valence-electron chi connectivity index (χ2n) is 37.6. The van der Waals surface area contributed by atoms with Gasteiger partial charge in [0.2, 0.25) is 0 Å². The number of aryl methyl sites for hydroxylation is 2. The standard InChI is InChI=1S/C19H34N3O7P.C19H34N3O6PS.C18H31N2O8P.C18H30N2O5/c1-11-10-22(17(23)21-15(11)20)16-14(26-8)13(12(27-16)9-18(2,3)4)28-30(24,25)29-19(5,6)7;1-11-10-22(17(23)21-15(11)20)16-14(25-8)13(12(26-16)9-18(2,3)4)27-29(24,30)28-19(5,6)7;1-17(2,3)10-11-13(27-29(23,24)28-18(4,5)6)14(25-7)15(26-11)20-9-8-12(21)19-16(20)22;1-17(2,3)10-11-13(25-18(4,5)6)14(23-7)15(24-11)20-9-8-12(21)19-16(20)22/h10,12-14,16H,9H2,1-8H3,(H,24,25)(H2,20,21,23);10,12-14,16H,9H2,1-8H3,(H,24,30)(H2,20,21,23);8-9,11,13-15H,10H2,1-7H3,(H,23,24)(H,19,21,22);8-9,11,13-15H,10H2,1-7H3,(H,19,21,22)/t12-,13?,14+,16-;12-,13?,14+,16-,29?;2*11-,13?,14+,15-/m1111/s1. The molecule has 114 heavy (non-hydrogen) atoms. The molecule has 0 bridgehead atoms. The maximum absolute atomic E-state index is 12.7. The summed E-state index contributed by atoms with van der Waals surface area (Å²) in [7, 11) is -3.02. The summed E-state index contributed by atoms with van der Waals surface area (Å²) in [5.41, 5.74) is 5.94. The van der Waals surface area contributed by atoms with Crippen molar-refractivity contribution in [2.45, 2.75) is 326 Å². The van der Waals surface area contributed by atoms with Gasteiger partial charge in [-0.1, -0.05) is 83.1 Å². The molecule has 0 saturated carbocycles. The van der Waals surface area contributed by atoms with Crippen LogP contribution in [0.15, 0.2) is 65.7 Å². The third-order valence-corrected chi connectivity index (χ3v) is 21.4. The summed E-state index contributed by atoms with van der Waals surface area (Å²) in [6.45, 7) is 45.5. The first kappa shape index (κ1) is 99.7. The van der Waals surface area contributed by atoms with Gasteiger partial charge < -0.3 is 73.3 Å². The molecule has 4 aliphatic heterocycles. The number of aromatic amines is 2. The number of phosphoric acid groups is 2. The number of hydrogen-bond donors (Lipinski definition) is 7. The van der Waals surface area contributed by atoms with Gasteiger partial charge in [-0.2, -0.15) is 9.97 Å². The van der Waals surface area contributed by atoms with Crippen LogP contribution in [0.4, 0.5) is 11.6 Å². The van der Waals surface area contributed by atoms with Crippen molar-refractivity contribution in [3.05, 3.63) is 111 Å². The van der Waals surface area contributed by atoms with E-state index in [1.165, 1.54) is 70.3 Å². The third kappa shape index (κ3) is 30.4. The van der Waals surface area contributed by atoms with E-state index in [2.05, 4.69) is 61.5 Å². The third-order valence-electron chi connectivity index (χ3n) is 17.1. The molecule has 0 spiro atoms. The molecule has 4 saturated heterocycles. The maximum Gasteiger partial charge on any atom is 0.473 e. The zero-order valence-corrected chi connectivity index (χ0v) is 75.3. The Kier molecular flexibility index (Phi) is 33.4. The van der Waals surface area contributed by atoms with Gasteiger partial charge in [0.05, 0.1) is 46.8 Å². The monoisotopic (exact) mass is 1700 g/mol. The lowest BCUT2D eigenvalue weighted by molar-refractivity contribution is -0.124. The zero-order chi connectivity index (χ0) is 87.3. The number of phosphoric ester groups is 2. The lowest BCUT2D eigenvalue weighted by Gasteiger charge is -2.32. The highest BCUT2D eigenvalue weighted by Crippen LogP contribution is 2.56. The van der Waals surface area contributed by atoms with Gasteiger partial charge >= 0.3 is 45.1 Å². The highest BCUT2D eigenvalue weighted by atomic mass is 32.5. The molecule has 4 aromatic heterocycles. The van der Waals surface area contributed by atoms with Crippen LogP contribution in [0, 0.1) is 35.5 Å². The first-order valence-corrected chi connectivity index (χ1v) is 43.1. The van der Waals surface area contributed by atoms with Crippen molar-refractivity contribution in [2.24, 2.45) is 21.7 Å². The number of methoxy groups -OCH3 is 4. The second-order valence-corrected chi connectivity index (χ2v) is 43.0. The van der Waals surface area contributed by atoms with Gasteiger partial charge in [-0.3, -0.25) is 60.4 Å². The van der Waals surface area contributed by atoms with Crippen LogP contribution in [-0.4, -0.2) is 177 Å². The van der Waals surface area contributed by atoms with E-state index >= 15 is 0 Å². The van der Waals surface area contributed by atoms with Crippen LogP contribution < -0.4 is 45.3 Å². The maximum atomic E-state index is 12.7. The summed E-state index contributed by atoms with van der Waals surface area (Å²) in [5, 5.41) is 0. The van der Waals surface area contributed by atoms with Crippen molar-refractivity contribution in [3.8, 4) is 0 Å². The fourth-order valence-corrected chi connectivity index (χ4v) is 17.9. The van der Waals surface area contributed by atoms with Crippen LogP contribution in [0.1, 0.15) is 228 Å². The molecule has 0 aromatic carbocycles. The number of ether oxygens (including phenoxy) is 9. The van der Waals surface area contributed by atoms with E-state index in [0.29, 0.717) is 30.4 Å². The quantitative estimate of drug-likeness (QED) is 0.0360. The Morgan fingerprint density at radius 2 is 0.684 bits per heavy atom. The molecule has 0 radical (unpaired) electrons. The Balaban J connectivity index is 0.000000272. The Morgan fingerprint density at radius 3 is 0.939 bits per heavy atom. The van der Waals surface area contributed by atoms with Crippen molar-refractivity contribution in [3.63, 3.8) is 0 Å². The van der Waals surface area contributed by atoms with Crippen molar-refractivity contribution < 1.29 is 93.6 Å². The Morgan fingerprint density at radius 1 is 0.421 bits per heavy atom. The summed E-state index contributed by atoms with van der Waals surface area (Å²) in [6.07, 6.45) is -3.21. The molecule has 652 valence electrons. The Hall–Kier alpha value is -4.89. The molecule has 4 fully saturated rings. The minimum absolute atomic E-state index is 0.0211. The van der Waals surface area contributed by atoms with Gasteiger partial charge in [-0.15, -0.1) is 0 Å². The highest BCUT2D eigenvalue weighted by molar-refractivity contribution is 8.07. The molecule has 8 rings (SSSR count). The first-order valence-electron chi connectivity index (χ1n) is 37.5. The molecule has 40 heteroatoms. The minimum Gasteiger partial charge on any atom is -0.383 e. The predicted molar refractivity (Wildman–Crippen MR) is 431 cm³/mol. The van der Waals surface area contributed by atoms with Crippen molar-refractivity contribution in [2.75, 3.05) is 39.9 Å². The number of aromatic nitrogens is 8. The summed E-state index contributed by atoms with van der Waals surface area (Å²) < 4.78 is 117. The number of nitrogens with two attached hydrogens (primary N) is 2. The van der Waals surface area contributed by atoms with Crippen LogP contribution in [0.3, 0.4) is 0 Å². The molecular weight excluding hydrogens is 1570 g/mol. The average Bonchev–Trinajstić information content (AvgIpc) is 1.64. The second kappa shape index (κ2) is 38.2. The number of nitrogen functional groups attached to an aromatic ring is 2. The van der Waals surface area contributed by atoms with Gasteiger partial charge in [0.1, 0.15) is 60.5 Å². The van der Waals surface area contributed by atoms with Crippen LogP contribution in [0.25, 0.3) is 0 Å². The normalized spacial score (nSPS) is 27.4. The van der Waals surface area contributed by atoms with E-state index in [-0.39, 0.29) is 51.1 Å². The number of anilines is 2. The highest BCUT2D eigenvalue weighted by Gasteiger charge is 2.56. The predicted octanol–water partition coefficient (Wildman–Crippen LogP) is 9.94. The Bertz CT molecular complexity index is 4240. The molecule has 4 aliphatic rings. The van der Waals surface area contributed by atoms with Crippen LogP contribution in [0.2, 0.25) is 0 Å². The van der Waals surface area contributed by atoms with Crippen LogP contribution in [-0.2, 0) is 90.7 Å². The largest absolute Gasteiger partial charge is 0.473 e. The first-order chi connectivity index (χ1) is 51.6. The number of nitrogens with one attached hydrogen (secondary N) is 2. The topological polar surface area (TPSA) is 465 Å². The molecule has 7 unspecified atom stereocenters. The number of rotatable bonds is 22. The van der Waals surface area contributed by atoms with Gasteiger partial charge in [0.25, 0.3) is 11.1 Å². The fourth-order valence-electron chi connectivity index (χ4n) is 13.1. The molecule has 0 aliphatic carbocycles. The van der Waals surface area contributed by atoms with Crippen molar-refractivity contribution >= 4 is 45.8 Å². The van der Waals surface area contributed by atoms with Gasteiger partial charge in [-0.05, 0) is 156 Å². The molecule has 8 heterocycles. The smallest absolute Gasteiger partial charge is 0.383 e. The zero-order valence-electron chi connectivity index (χ0n) is 71.8. The molecule has 19 atom stereocenters. The van der Waals surface area contributed by atoms with E-state index in [4.69, 9.17) is 93.0 Å². The van der Waals surface area contributed by atoms with E-state index in [0.717, 1.165) is 6.42 Å². The van der Waals surface area contributed by atoms with E-state index in [9.17, 15) is 52.6 Å². The fraction of sp³-hybridized carbons (Fsp3) is 0.784. The van der Waals surface area contributed by atoms with E-state index in [1.54, 1.807) is 89.5 Å². The SMILES string of the molecule is CO[C@H]1C(OC(C)(C)C)[C@@H](CC(C)(C)C)O[C@H]1n1ccc(=O)[nH]c1=O.CO[C@H]1C(OP(=O)(O)OC(C)(C)C)[C@@H](CC(C)(C)C)O[C@H]1n1cc(C)c(N)nc1=O.CO[C@H]1C(OP(=O)(O)OC(C)(C)C)[C@@H](CC(C)(C)C)O[C@H]1n1ccc(=O)[nH]c1=O.CO[C@H]1C(OP(O)(=S)OC(C)(C)C)[C@@H](CC(C)(C)C)O[C@H]1n1cc(C)c(N)nc1=O. The summed E-state index contributed by atoms with van der Waals surface area (Å²) in [5.74, 6) is 0.285. The lowest BCUT2D eigenvalue weighted by Crippen LogP contribution is -2.43. The number of nitrogens with zero attached hydrogens (tertiary/aromatic N) is 6. The van der Waals surface area contributed by atoms with Gasteiger partial charge in [0, 0.05) is 76.5 Å². The minimum atomic E-state index is -4.46. The molecule has 9 N–H and O–H groups in total. The molecule has 0 amide bonds. The number of H-pyrrole nitrogens is 2. The lowest BCUT2D eigenvalue weighted by atomic mass is 9.87. The van der Waals surface area contributed by atoms with Crippen LogP contribution in [0.5, 0.6) is 0 Å². The summed E-state index contributed by atoms with van der Waals surface area (Å²) >= 11 is 5.26. The van der Waals surface area contributed by atoms with Crippen molar-refractivity contribution in [1.82, 2.24) is 38.2 Å². The Labute approximate surface area is 673 Å². The van der Waals surface area contributed by atoms with E-state index < -0.39 is 159 Å². The average molecular weight is 1700 g/mol. The molecule has 4 aromatic rings. The molecule has 36 nitrogen and oxygen atoms in total. The summed E-state index contributed by atoms with van der Waals surface area (Å²) in [6, 6.07) is 2.48. The van der Waals surface area contributed by atoms with E-state index in [1.807, 2.05) is 62.3 Å². The summed E-state index contributed by atoms with van der Waals surface area (Å²) in [4.78, 5) is 116. The molecular formula is C74H129N10O26P3S. The van der Waals surface area contributed by atoms with Gasteiger partial charge in [-0.25, -0.2) is 28.3 Å². The van der Waals surface area contributed by atoms with Crippen molar-refractivity contribution in [1.29, 1.82) is 0 Å².